The summed E-state index contributed by atoms with van der Waals surface area (Å²) in [5.74, 6) is -0.869. The molecule has 2 rings (SSSR count). The number of nitrogens with zero attached hydrogens (tertiary/aromatic N) is 1. The Hall–Kier alpha value is -2.24. The molecule has 1 aliphatic carbocycles. The number of anilines is 1. The third kappa shape index (κ3) is 2.96. The molecule has 6 nitrogen and oxygen atoms in total. The number of nitrogens with two attached hydrogens (primary N) is 1. The van der Waals surface area contributed by atoms with Gasteiger partial charge in [-0.2, -0.15) is 0 Å². The highest BCUT2D eigenvalue weighted by Gasteiger charge is 2.35. The smallest absolute Gasteiger partial charge is 0.323 e. The lowest BCUT2D eigenvalue weighted by atomic mass is 10.1. The molecule has 0 atom stereocenters. The topological polar surface area (TPSA) is 92.9 Å². The van der Waals surface area contributed by atoms with Crippen LogP contribution in [-0.2, 0) is 4.79 Å². The van der Waals surface area contributed by atoms with E-state index in [0.717, 1.165) is 12.8 Å². The molecule has 1 aromatic rings. The van der Waals surface area contributed by atoms with Crippen LogP contribution in [0, 0.1) is 0 Å². The second-order valence-electron chi connectivity index (χ2n) is 4.51. The van der Waals surface area contributed by atoms with Crippen LogP contribution in [0.15, 0.2) is 18.2 Å². The average Bonchev–Trinajstić information content (AvgIpc) is 3.20. The van der Waals surface area contributed by atoms with Gasteiger partial charge in [0.1, 0.15) is 12.3 Å². The van der Waals surface area contributed by atoms with Crippen LogP contribution in [0.3, 0.4) is 0 Å². The molecule has 0 heterocycles. The molecule has 1 aromatic carbocycles. The van der Waals surface area contributed by atoms with Gasteiger partial charge in [-0.25, -0.2) is 0 Å². The second-order valence-corrected chi connectivity index (χ2v) is 4.51. The predicted molar refractivity (Wildman–Crippen MR) is 69.1 cm³/mol. The Bertz CT molecular complexity index is 511. The molecule has 6 heteroatoms. The zero-order chi connectivity index (χ0) is 14.0. The fourth-order valence-corrected chi connectivity index (χ4v) is 1.90. The maximum absolute atomic E-state index is 12.4. The van der Waals surface area contributed by atoms with Gasteiger partial charge in [0.2, 0.25) is 0 Å². The number of carbonyl (C=O) groups excluding carboxylic acids is 1. The van der Waals surface area contributed by atoms with Crippen LogP contribution in [0.1, 0.15) is 23.2 Å². The number of methoxy groups -OCH3 is 1. The number of nitrogen functional groups attached to an aromatic ring is 1. The van der Waals surface area contributed by atoms with Gasteiger partial charge in [0.05, 0.1) is 12.7 Å². The molecule has 102 valence electrons. The molecule has 1 fully saturated rings. The van der Waals surface area contributed by atoms with E-state index in [9.17, 15) is 9.59 Å². The zero-order valence-electron chi connectivity index (χ0n) is 10.6. The van der Waals surface area contributed by atoms with Crippen molar-refractivity contribution in [3.63, 3.8) is 0 Å². The van der Waals surface area contributed by atoms with E-state index in [4.69, 9.17) is 15.6 Å². The van der Waals surface area contributed by atoms with Gasteiger partial charge in [-0.05, 0) is 31.0 Å². The molecule has 1 aliphatic rings. The number of rotatable bonds is 5. The van der Waals surface area contributed by atoms with Crippen molar-refractivity contribution in [3.05, 3.63) is 23.8 Å². The van der Waals surface area contributed by atoms with Gasteiger partial charge >= 0.3 is 5.97 Å². The largest absolute Gasteiger partial charge is 0.497 e. The molecular weight excluding hydrogens is 248 g/mol. The fraction of sp³-hybridized carbons (Fsp3) is 0.385. The first-order valence-electron chi connectivity index (χ1n) is 5.99. The number of amides is 1. The summed E-state index contributed by atoms with van der Waals surface area (Å²) in [5.41, 5.74) is 6.39. The highest BCUT2D eigenvalue weighted by molar-refractivity contribution is 6.01. The molecule has 0 bridgehead atoms. The summed E-state index contributed by atoms with van der Waals surface area (Å²) < 4.78 is 5.05. The quantitative estimate of drug-likeness (QED) is 0.773. The monoisotopic (exact) mass is 264 g/mol. The van der Waals surface area contributed by atoms with Crippen LogP contribution in [-0.4, -0.2) is 41.6 Å². The predicted octanol–water partition coefficient (Wildman–Crippen LogP) is 0.967. The van der Waals surface area contributed by atoms with Gasteiger partial charge in [-0.3, -0.25) is 9.59 Å². The Kier molecular flexibility index (Phi) is 3.59. The highest BCUT2D eigenvalue weighted by atomic mass is 16.5. The first-order chi connectivity index (χ1) is 9.02. The minimum absolute atomic E-state index is 0.00852. The van der Waals surface area contributed by atoms with Crippen molar-refractivity contribution >= 4 is 17.6 Å². The van der Waals surface area contributed by atoms with E-state index < -0.39 is 5.97 Å². The van der Waals surface area contributed by atoms with Gasteiger partial charge in [0.15, 0.2) is 0 Å². The van der Waals surface area contributed by atoms with E-state index in [1.807, 2.05) is 0 Å². The first kappa shape index (κ1) is 13.2. The van der Waals surface area contributed by atoms with Crippen molar-refractivity contribution in [1.82, 2.24) is 4.90 Å². The SMILES string of the molecule is COc1ccc(N)c(C(=O)N(CC(=O)O)C2CC2)c1. The van der Waals surface area contributed by atoms with Crippen molar-refractivity contribution in [2.45, 2.75) is 18.9 Å². The maximum atomic E-state index is 12.4. The molecule has 0 aliphatic heterocycles. The molecule has 0 aromatic heterocycles. The molecular formula is C13H16N2O4. The minimum atomic E-state index is -1.03. The molecule has 3 N–H and O–H groups in total. The van der Waals surface area contributed by atoms with Gasteiger partial charge in [0.25, 0.3) is 5.91 Å². The summed E-state index contributed by atoms with van der Waals surface area (Å²) in [6.45, 7) is -0.305. The molecule has 1 amide bonds. The Morgan fingerprint density at radius 2 is 2.16 bits per heavy atom. The van der Waals surface area contributed by atoms with E-state index >= 15 is 0 Å². The van der Waals surface area contributed by atoms with Crippen LogP contribution in [0.4, 0.5) is 5.69 Å². The number of carbonyl (C=O) groups is 2. The van der Waals surface area contributed by atoms with E-state index in [-0.39, 0.29) is 24.1 Å². The zero-order valence-corrected chi connectivity index (χ0v) is 10.6. The van der Waals surface area contributed by atoms with Crippen LogP contribution in [0.2, 0.25) is 0 Å². The summed E-state index contributed by atoms with van der Waals surface area (Å²) in [4.78, 5) is 24.6. The van der Waals surface area contributed by atoms with Gasteiger partial charge in [-0.15, -0.1) is 0 Å². The summed E-state index contributed by atoms with van der Waals surface area (Å²) in [6.07, 6.45) is 1.67. The fourth-order valence-electron chi connectivity index (χ4n) is 1.90. The molecule has 1 saturated carbocycles. The Labute approximate surface area is 110 Å². The minimum Gasteiger partial charge on any atom is -0.497 e. The lowest BCUT2D eigenvalue weighted by Gasteiger charge is -2.21. The number of hydrogen-bond acceptors (Lipinski definition) is 4. The first-order valence-corrected chi connectivity index (χ1v) is 5.99. The number of carboxylic acid groups (broad SMARTS) is 1. The summed E-state index contributed by atoms with van der Waals surface area (Å²) in [7, 11) is 1.50. The lowest BCUT2D eigenvalue weighted by molar-refractivity contribution is -0.137. The van der Waals surface area contributed by atoms with Gasteiger partial charge in [0, 0.05) is 11.7 Å². The second kappa shape index (κ2) is 5.17. The van der Waals surface area contributed by atoms with Crippen molar-refractivity contribution in [1.29, 1.82) is 0 Å². The Morgan fingerprint density at radius 3 is 2.68 bits per heavy atom. The van der Waals surface area contributed by atoms with Crippen molar-refractivity contribution in [2.75, 3.05) is 19.4 Å². The van der Waals surface area contributed by atoms with E-state index in [2.05, 4.69) is 0 Å². The molecule has 0 radical (unpaired) electrons. The van der Waals surface area contributed by atoms with E-state index in [0.29, 0.717) is 11.4 Å². The Morgan fingerprint density at radius 1 is 1.47 bits per heavy atom. The van der Waals surface area contributed by atoms with Gasteiger partial charge in [-0.1, -0.05) is 0 Å². The number of benzene rings is 1. The number of hydrogen-bond donors (Lipinski definition) is 2. The molecule has 19 heavy (non-hydrogen) atoms. The average molecular weight is 264 g/mol. The Balaban J connectivity index is 2.27. The van der Waals surface area contributed by atoms with Crippen molar-refractivity contribution < 1.29 is 19.4 Å². The van der Waals surface area contributed by atoms with E-state index in [1.54, 1.807) is 12.1 Å². The van der Waals surface area contributed by atoms with Crippen LogP contribution < -0.4 is 10.5 Å². The van der Waals surface area contributed by atoms with Crippen LogP contribution in [0.25, 0.3) is 0 Å². The normalized spacial score (nSPS) is 13.9. The van der Waals surface area contributed by atoms with Crippen LogP contribution >= 0.6 is 0 Å². The van der Waals surface area contributed by atoms with Crippen LogP contribution in [0.5, 0.6) is 5.75 Å². The third-order valence-electron chi connectivity index (χ3n) is 3.04. The standard InChI is InChI=1S/C13H16N2O4/c1-19-9-4-5-11(14)10(6-9)13(18)15(7-12(16)17)8-2-3-8/h4-6,8H,2-3,7,14H2,1H3,(H,16,17). The van der Waals surface area contributed by atoms with E-state index in [1.165, 1.54) is 18.1 Å². The van der Waals surface area contributed by atoms with Crippen molar-refractivity contribution in [3.8, 4) is 5.75 Å². The third-order valence-corrected chi connectivity index (χ3v) is 3.04. The number of aliphatic carboxylic acids is 1. The van der Waals surface area contributed by atoms with Crippen molar-refractivity contribution in [2.24, 2.45) is 0 Å². The summed E-state index contributed by atoms with van der Waals surface area (Å²) in [5, 5.41) is 8.88. The maximum Gasteiger partial charge on any atom is 0.323 e. The van der Waals surface area contributed by atoms with Gasteiger partial charge < -0.3 is 20.5 Å². The highest BCUT2D eigenvalue weighted by Crippen LogP contribution is 2.30. The summed E-state index contributed by atoms with van der Waals surface area (Å²) in [6, 6.07) is 4.78. The molecule has 0 spiro atoms. The number of carboxylic acids is 1. The molecule has 0 unspecified atom stereocenters. The lowest BCUT2D eigenvalue weighted by Crippen LogP contribution is -2.37. The molecule has 0 saturated heterocycles. The number of ether oxygens (including phenoxy) is 1. The summed E-state index contributed by atoms with van der Waals surface area (Å²) >= 11 is 0.